The maximum absolute atomic E-state index is 9.24. The first-order valence-corrected chi connectivity index (χ1v) is 19.4. The van der Waals surface area contributed by atoms with Crippen molar-refractivity contribution in [3.63, 3.8) is 0 Å². The molecule has 2 fully saturated rings. The number of nitrogens with zero attached hydrogens (tertiary/aromatic N) is 4. The predicted molar refractivity (Wildman–Crippen MR) is 214 cm³/mol. The van der Waals surface area contributed by atoms with Gasteiger partial charge in [0.15, 0.2) is 11.6 Å². The van der Waals surface area contributed by atoms with Crippen molar-refractivity contribution in [1.29, 1.82) is 0 Å². The van der Waals surface area contributed by atoms with Crippen molar-refractivity contribution >= 4 is 21.8 Å². The Morgan fingerprint density at radius 1 is 0.538 bits per heavy atom. The first-order chi connectivity index (χ1) is 26.2. The molecule has 3 aliphatic carbocycles. The highest BCUT2D eigenvalue weighted by atomic mass is 15.2. The van der Waals surface area contributed by atoms with Crippen LogP contribution in [0.15, 0.2) is 109 Å². The number of hydrogen-bond donors (Lipinski definition) is 0. The van der Waals surface area contributed by atoms with E-state index in [0.717, 1.165) is 90.0 Å². The van der Waals surface area contributed by atoms with Gasteiger partial charge in [0.1, 0.15) is 0 Å². The van der Waals surface area contributed by atoms with Crippen molar-refractivity contribution in [2.24, 2.45) is 0 Å². The summed E-state index contributed by atoms with van der Waals surface area (Å²) in [7, 11) is 0. The Bertz CT molecular complexity index is 2470. The molecule has 2 aromatic heterocycles. The predicted octanol–water partition coefficient (Wildman–Crippen LogP) is 12.7. The highest BCUT2D eigenvalue weighted by Gasteiger charge is 2.36. The third-order valence-electron chi connectivity index (χ3n) is 12.2. The van der Waals surface area contributed by atoms with Crippen LogP contribution >= 0.6 is 0 Å². The Labute approximate surface area is 309 Å². The Hall–Kier alpha value is -5.09. The van der Waals surface area contributed by atoms with Crippen molar-refractivity contribution in [3.05, 3.63) is 131 Å². The van der Waals surface area contributed by atoms with Gasteiger partial charge in [-0.2, -0.15) is 9.97 Å². The van der Waals surface area contributed by atoms with Gasteiger partial charge in [-0.05, 0) is 89.1 Å². The molecule has 0 unspecified atom stereocenters. The maximum Gasteiger partial charge on any atom is 0.238 e. The summed E-state index contributed by atoms with van der Waals surface area (Å²) in [6.45, 7) is 4.65. The van der Waals surface area contributed by atoms with E-state index in [1.165, 1.54) is 40.5 Å². The average Bonchev–Trinajstić information content (AvgIpc) is 3.65. The van der Waals surface area contributed by atoms with E-state index in [1.807, 2.05) is 0 Å². The Morgan fingerprint density at radius 2 is 1.10 bits per heavy atom. The van der Waals surface area contributed by atoms with Crippen molar-refractivity contribution in [3.8, 4) is 39.9 Å². The van der Waals surface area contributed by atoms with Crippen LogP contribution in [0.25, 0.3) is 61.7 Å². The molecule has 2 heterocycles. The summed E-state index contributed by atoms with van der Waals surface area (Å²) < 4.78 is 20.7. The molecule has 0 spiro atoms. The second-order valence-electron chi connectivity index (χ2n) is 15.7. The molecule has 4 heteroatoms. The van der Waals surface area contributed by atoms with Gasteiger partial charge >= 0.3 is 0 Å². The highest BCUT2D eigenvalue weighted by Crippen LogP contribution is 2.51. The van der Waals surface area contributed by atoms with Crippen LogP contribution in [-0.2, 0) is 5.41 Å². The fourth-order valence-electron chi connectivity index (χ4n) is 9.35. The summed E-state index contributed by atoms with van der Waals surface area (Å²) >= 11 is 0. The number of para-hydroxylation sites is 1. The molecule has 0 aliphatic heterocycles. The van der Waals surface area contributed by atoms with Gasteiger partial charge in [-0.1, -0.05) is 143 Å². The fraction of sp³-hybridized carbons (Fsp3) is 0.312. The largest absolute Gasteiger partial charge is 0.278 e. The molecule has 52 heavy (non-hydrogen) atoms. The molecule has 0 bridgehead atoms. The second kappa shape index (κ2) is 12.5. The van der Waals surface area contributed by atoms with Gasteiger partial charge in [-0.25, -0.2) is 4.98 Å². The van der Waals surface area contributed by atoms with Gasteiger partial charge in [0.05, 0.1) is 11.0 Å². The third-order valence-corrected chi connectivity index (χ3v) is 12.2. The van der Waals surface area contributed by atoms with Crippen LogP contribution in [0, 0.1) is 0 Å². The average molecular weight is 681 g/mol. The topological polar surface area (TPSA) is 43.6 Å². The number of aromatic nitrogens is 4. The van der Waals surface area contributed by atoms with Crippen LogP contribution in [0.2, 0.25) is 0 Å². The van der Waals surface area contributed by atoms with Crippen LogP contribution in [0.1, 0.15) is 115 Å². The van der Waals surface area contributed by atoms with Crippen LogP contribution in [-0.4, -0.2) is 19.5 Å². The third kappa shape index (κ3) is 5.21. The summed E-state index contributed by atoms with van der Waals surface area (Å²) in [6.07, 6.45) is 10.5. The van der Waals surface area contributed by atoms with Crippen molar-refractivity contribution < 1.29 is 2.74 Å². The van der Waals surface area contributed by atoms with Crippen LogP contribution < -0.4 is 0 Å². The van der Waals surface area contributed by atoms with E-state index < -0.39 is 11.8 Å². The molecule has 258 valence electrons. The minimum atomic E-state index is -0.530. The summed E-state index contributed by atoms with van der Waals surface area (Å²) in [4.78, 5) is 15.7. The van der Waals surface area contributed by atoms with E-state index in [4.69, 9.17) is 15.0 Å². The van der Waals surface area contributed by atoms with Crippen molar-refractivity contribution in [2.75, 3.05) is 0 Å². The maximum atomic E-state index is 9.24. The first kappa shape index (κ1) is 29.5. The molecule has 0 amide bonds. The lowest BCUT2D eigenvalue weighted by Crippen LogP contribution is -2.15. The van der Waals surface area contributed by atoms with Gasteiger partial charge in [-0.3, -0.25) is 4.57 Å². The first-order valence-electron chi connectivity index (χ1n) is 20.4. The number of fused-ring (bicyclic) bond motifs is 6. The van der Waals surface area contributed by atoms with E-state index in [-0.39, 0.29) is 5.41 Å². The van der Waals surface area contributed by atoms with Crippen molar-refractivity contribution in [1.82, 2.24) is 19.5 Å². The molecular weight excluding hydrogens is 633 g/mol. The fourth-order valence-corrected chi connectivity index (χ4v) is 9.35. The monoisotopic (exact) mass is 680 g/mol. The zero-order valence-corrected chi connectivity index (χ0v) is 30.3. The summed E-state index contributed by atoms with van der Waals surface area (Å²) in [6, 6.07) is 39.0. The minimum Gasteiger partial charge on any atom is -0.278 e. The number of rotatable bonds is 5. The quantitative estimate of drug-likeness (QED) is 0.182. The Morgan fingerprint density at radius 3 is 1.71 bits per heavy atom. The highest BCUT2D eigenvalue weighted by molar-refractivity contribution is 6.11. The molecule has 0 atom stereocenters. The summed E-state index contributed by atoms with van der Waals surface area (Å²) in [5.74, 6) is 0.738. The lowest BCUT2D eigenvalue weighted by molar-refractivity contribution is 0.443. The van der Waals surface area contributed by atoms with Crippen LogP contribution in [0.3, 0.4) is 0 Å². The van der Waals surface area contributed by atoms with E-state index in [0.29, 0.717) is 17.6 Å². The molecule has 2 saturated carbocycles. The second-order valence-corrected chi connectivity index (χ2v) is 15.7. The Kier molecular flexibility index (Phi) is 7.11. The number of benzene rings is 5. The smallest absolute Gasteiger partial charge is 0.238 e. The molecular formula is C48H46N4. The molecule has 10 rings (SSSR count). The van der Waals surface area contributed by atoms with Gasteiger partial charge in [0, 0.05) is 30.1 Å². The van der Waals surface area contributed by atoms with Gasteiger partial charge in [-0.15, -0.1) is 0 Å². The normalized spacial score (nSPS) is 19.2. The van der Waals surface area contributed by atoms with E-state index in [1.54, 1.807) is 0 Å². The zero-order valence-electron chi connectivity index (χ0n) is 32.3. The van der Waals surface area contributed by atoms with Crippen LogP contribution in [0.4, 0.5) is 0 Å². The summed E-state index contributed by atoms with van der Waals surface area (Å²) in [5, 5.41) is 2.34. The summed E-state index contributed by atoms with van der Waals surface area (Å²) in [5.41, 5.74) is 11.2. The van der Waals surface area contributed by atoms with Gasteiger partial charge in [0.2, 0.25) is 5.95 Å². The zero-order chi connectivity index (χ0) is 36.7. The molecule has 0 radical (unpaired) electrons. The SMILES string of the molecule is [2H]C1(c2ccc(-c3nc(-c4ccc(C5([2H])CCCCC5)cc4)nc(-n4c5ccccc5c5cc6c(cc54)C(C)(C)c4ccccc4-6)n3)cc2)CCCCC1. The Balaban J connectivity index is 1.16. The standard InChI is InChI=1S/C48H46N4/c1-48(2)41-19-11-9-17-37(41)39-29-40-38-18-10-12-20-43(38)52(44(40)30-42(39)48)47-50-45(35-25-21-33(22-26-35)31-13-5-3-6-14-31)49-46(51-47)36-27-23-34(24-28-36)32-15-7-4-8-16-32/h9-12,17-32H,3-8,13-16H2,1-2H3/i31D,32D. The minimum absolute atomic E-state index is 0.151. The van der Waals surface area contributed by atoms with Gasteiger partial charge in [0.25, 0.3) is 0 Å². The van der Waals surface area contributed by atoms with E-state index >= 15 is 0 Å². The molecule has 3 aliphatic rings. The lowest BCUT2D eigenvalue weighted by Gasteiger charge is -2.22. The van der Waals surface area contributed by atoms with E-state index in [2.05, 4.69) is 128 Å². The molecule has 4 nitrogen and oxygen atoms in total. The van der Waals surface area contributed by atoms with Gasteiger partial charge < -0.3 is 0 Å². The van der Waals surface area contributed by atoms with E-state index in [9.17, 15) is 2.74 Å². The van der Waals surface area contributed by atoms with Crippen molar-refractivity contribution in [2.45, 2.75) is 95.3 Å². The number of hydrogen-bond acceptors (Lipinski definition) is 3. The molecule has 0 N–H and O–H groups in total. The molecule has 5 aromatic carbocycles. The van der Waals surface area contributed by atoms with Crippen LogP contribution in [0.5, 0.6) is 0 Å². The molecule has 7 aromatic rings. The molecule has 0 saturated heterocycles. The lowest BCUT2D eigenvalue weighted by atomic mass is 9.82.